The lowest BCUT2D eigenvalue weighted by Gasteiger charge is -2.20. The minimum atomic E-state index is 0.332. The minimum absolute atomic E-state index is 0.332. The molecule has 1 rings (SSSR count). The molecule has 0 N–H and O–H groups in total. The second kappa shape index (κ2) is 6.29. The van der Waals surface area contributed by atoms with Gasteiger partial charge in [0.25, 0.3) is 0 Å². The molecule has 0 atom stereocenters. The lowest BCUT2D eigenvalue weighted by Crippen LogP contribution is -2.14. The molecular formula is C14H21BrO. The van der Waals surface area contributed by atoms with Crippen LogP contribution in [0.4, 0.5) is 0 Å². The van der Waals surface area contributed by atoms with Gasteiger partial charge in [-0.3, -0.25) is 0 Å². The lowest BCUT2D eigenvalue weighted by atomic mass is 10.0. The molecule has 1 aromatic rings. The van der Waals surface area contributed by atoms with E-state index in [-0.39, 0.29) is 0 Å². The molecule has 90 valence electrons. The van der Waals surface area contributed by atoms with E-state index in [1.165, 1.54) is 5.56 Å². The van der Waals surface area contributed by atoms with Crippen molar-refractivity contribution in [2.24, 2.45) is 0 Å². The third kappa shape index (κ3) is 3.51. The molecule has 0 aliphatic rings. The van der Waals surface area contributed by atoms with Gasteiger partial charge in [-0.05, 0) is 42.5 Å². The van der Waals surface area contributed by atoms with Gasteiger partial charge in [-0.15, -0.1) is 0 Å². The Kier molecular flexibility index (Phi) is 5.33. The van der Waals surface area contributed by atoms with Crippen molar-refractivity contribution in [2.45, 2.75) is 52.6 Å². The summed E-state index contributed by atoms with van der Waals surface area (Å²) in [4.78, 5) is 0. The van der Waals surface area contributed by atoms with E-state index in [0.717, 1.165) is 23.1 Å². The van der Waals surface area contributed by atoms with Crippen molar-refractivity contribution in [3.05, 3.63) is 28.2 Å². The van der Waals surface area contributed by atoms with Gasteiger partial charge in [0.1, 0.15) is 5.75 Å². The van der Waals surface area contributed by atoms with Crippen molar-refractivity contribution >= 4 is 15.9 Å². The molecular weight excluding hydrogens is 264 g/mol. The molecule has 2 heteroatoms. The van der Waals surface area contributed by atoms with E-state index < -0.39 is 0 Å². The zero-order valence-electron chi connectivity index (χ0n) is 10.6. The first-order chi connectivity index (χ1) is 7.58. The van der Waals surface area contributed by atoms with E-state index in [4.69, 9.17) is 4.74 Å². The first kappa shape index (κ1) is 13.6. The number of hydrogen-bond donors (Lipinski definition) is 0. The van der Waals surface area contributed by atoms with E-state index in [9.17, 15) is 0 Å². The molecule has 0 unspecified atom stereocenters. The summed E-state index contributed by atoms with van der Waals surface area (Å²) in [6.07, 6.45) is 2.45. The monoisotopic (exact) mass is 284 g/mol. The van der Waals surface area contributed by atoms with Crippen LogP contribution in [-0.4, -0.2) is 6.10 Å². The summed E-state index contributed by atoms with van der Waals surface area (Å²) >= 11 is 3.51. The quantitative estimate of drug-likeness (QED) is 0.727. The van der Waals surface area contributed by atoms with Gasteiger partial charge in [-0.25, -0.2) is 0 Å². The Labute approximate surface area is 107 Å². The highest BCUT2D eigenvalue weighted by Crippen LogP contribution is 2.30. The largest absolute Gasteiger partial charge is 0.490 e. The summed E-state index contributed by atoms with van der Waals surface area (Å²) in [5, 5.41) is 0. The fourth-order valence-corrected chi connectivity index (χ4v) is 2.09. The van der Waals surface area contributed by atoms with Crippen LogP contribution in [0.5, 0.6) is 5.75 Å². The number of ether oxygens (including phenoxy) is 1. The lowest BCUT2D eigenvalue weighted by molar-refractivity contribution is 0.190. The summed E-state index contributed by atoms with van der Waals surface area (Å²) in [6.45, 7) is 8.73. The van der Waals surface area contributed by atoms with Gasteiger partial charge in [-0.1, -0.05) is 43.6 Å². The number of hydrogen-bond acceptors (Lipinski definition) is 1. The normalized spacial score (nSPS) is 11.2. The average Bonchev–Trinajstić information content (AvgIpc) is 2.27. The van der Waals surface area contributed by atoms with Gasteiger partial charge < -0.3 is 4.74 Å². The highest BCUT2D eigenvalue weighted by atomic mass is 79.9. The van der Waals surface area contributed by atoms with Gasteiger partial charge in [0.15, 0.2) is 0 Å². The Bertz CT molecular complexity index is 330. The van der Waals surface area contributed by atoms with Gasteiger partial charge >= 0.3 is 0 Å². The van der Waals surface area contributed by atoms with Crippen LogP contribution in [-0.2, 0) is 0 Å². The van der Waals surface area contributed by atoms with Crippen LogP contribution in [0.15, 0.2) is 22.7 Å². The Hall–Kier alpha value is -0.500. The van der Waals surface area contributed by atoms with Crippen molar-refractivity contribution in [3.63, 3.8) is 0 Å². The molecule has 0 heterocycles. The predicted molar refractivity (Wildman–Crippen MR) is 73.2 cm³/mol. The fourth-order valence-electron chi connectivity index (χ4n) is 1.71. The van der Waals surface area contributed by atoms with E-state index in [0.29, 0.717) is 12.0 Å². The van der Waals surface area contributed by atoms with Crippen LogP contribution in [0.1, 0.15) is 52.0 Å². The van der Waals surface area contributed by atoms with E-state index in [1.54, 1.807) is 0 Å². The van der Waals surface area contributed by atoms with Crippen LogP contribution in [0.2, 0.25) is 0 Å². The number of rotatable bonds is 5. The molecule has 0 bridgehead atoms. The Morgan fingerprint density at radius 3 is 2.31 bits per heavy atom. The first-order valence-electron chi connectivity index (χ1n) is 6.04. The van der Waals surface area contributed by atoms with Gasteiger partial charge in [0.2, 0.25) is 0 Å². The van der Waals surface area contributed by atoms with Crippen molar-refractivity contribution in [1.29, 1.82) is 0 Å². The Morgan fingerprint density at radius 1 is 1.19 bits per heavy atom. The molecule has 0 amide bonds. The van der Waals surface area contributed by atoms with E-state index >= 15 is 0 Å². The maximum Gasteiger partial charge on any atom is 0.123 e. The number of halogens is 1. The average molecular weight is 285 g/mol. The summed E-state index contributed by atoms with van der Waals surface area (Å²) in [5.74, 6) is 1.52. The van der Waals surface area contributed by atoms with Crippen LogP contribution < -0.4 is 4.74 Å². The smallest absolute Gasteiger partial charge is 0.123 e. The molecule has 0 aliphatic carbocycles. The molecule has 0 radical (unpaired) electrons. The molecule has 0 fully saturated rings. The third-order valence-corrected chi connectivity index (χ3v) is 3.29. The summed E-state index contributed by atoms with van der Waals surface area (Å²) in [7, 11) is 0. The van der Waals surface area contributed by atoms with Crippen molar-refractivity contribution in [1.82, 2.24) is 0 Å². The molecule has 16 heavy (non-hydrogen) atoms. The molecule has 1 aromatic carbocycles. The molecule has 1 nitrogen and oxygen atoms in total. The zero-order valence-corrected chi connectivity index (χ0v) is 12.2. The second-order valence-corrected chi connectivity index (χ2v) is 5.31. The van der Waals surface area contributed by atoms with E-state index in [1.807, 2.05) is 6.07 Å². The molecule has 0 saturated heterocycles. The molecule has 0 aromatic heterocycles. The summed E-state index contributed by atoms with van der Waals surface area (Å²) in [5.41, 5.74) is 1.28. The van der Waals surface area contributed by atoms with E-state index in [2.05, 4.69) is 55.8 Å². The van der Waals surface area contributed by atoms with Gasteiger partial charge in [-0.2, -0.15) is 0 Å². The molecule has 0 spiro atoms. The highest BCUT2D eigenvalue weighted by molar-refractivity contribution is 9.10. The predicted octanol–water partition coefficient (Wildman–Crippen LogP) is 5.14. The standard InChI is InChI=1S/C14H21BrO/c1-5-12(6-2)16-14-8-7-11(15)9-13(14)10(3)4/h7-10,12H,5-6H2,1-4H3. The summed E-state index contributed by atoms with van der Waals surface area (Å²) < 4.78 is 7.16. The first-order valence-corrected chi connectivity index (χ1v) is 6.83. The zero-order chi connectivity index (χ0) is 12.1. The van der Waals surface area contributed by atoms with Crippen LogP contribution >= 0.6 is 15.9 Å². The maximum absolute atomic E-state index is 6.04. The Morgan fingerprint density at radius 2 is 1.81 bits per heavy atom. The number of benzene rings is 1. The molecule has 0 aliphatic heterocycles. The summed E-state index contributed by atoms with van der Waals surface area (Å²) in [6, 6.07) is 6.27. The topological polar surface area (TPSA) is 9.23 Å². The van der Waals surface area contributed by atoms with Crippen LogP contribution in [0.25, 0.3) is 0 Å². The van der Waals surface area contributed by atoms with Crippen molar-refractivity contribution < 1.29 is 4.74 Å². The Balaban J connectivity index is 2.94. The minimum Gasteiger partial charge on any atom is -0.490 e. The van der Waals surface area contributed by atoms with Crippen LogP contribution in [0.3, 0.4) is 0 Å². The van der Waals surface area contributed by atoms with Crippen molar-refractivity contribution in [3.8, 4) is 5.75 Å². The maximum atomic E-state index is 6.04. The van der Waals surface area contributed by atoms with Crippen LogP contribution in [0, 0.1) is 0 Å². The second-order valence-electron chi connectivity index (χ2n) is 4.39. The fraction of sp³-hybridized carbons (Fsp3) is 0.571. The van der Waals surface area contributed by atoms with Gasteiger partial charge in [0.05, 0.1) is 6.10 Å². The third-order valence-electron chi connectivity index (χ3n) is 2.80. The highest BCUT2D eigenvalue weighted by Gasteiger charge is 2.12. The SMILES string of the molecule is CCC(CC)Oc1ccc(Br)cc1C(C)C. The van der Waals surface area contributed by atoms with Crippen molar-refractivity contribution in [2.75, 3.05) is 0 Å². The van der Waals surface area contributed by atoms with Gasteiger partial charge in [0, 0.05) is 4.47 Å². The molecule has 0 saturated carbocycles.